The summed E-state index contributed by atoms with van der Waals surface area (Å²) in [7, 11) is 0. The van der Waals surface area contributed by atoms with Gasteiger partial charge in [-0.25, -0.2) is 20.0 Å². The average molecular weight is 398 g/mol. The molecule has 28 heavy (non-hydrogen) atoms. The van der Waals surface area contributed by atoms with E-state index in [-0.39, 0.29) is 5.89 Å². The Kier molecular flexibility index (Phi) is 3.19. The molecule has 1 aromatic carbocycles. The van der Waals surface area contributed by atoms with Crippen molar-refractivity contribution in [1.29, 1.82) is 0 Å². The van der Waals surface area contributed by atoms with Gasteiger partial charge >= 0.3 is 0 Å². The van der Waals surface area contributed by atoms with Crippen molar-refractivity contribution in [3.8, 4) is 5.69 Å². The number of imidazole rings is 1. The maximum Gasteiger partial charge on any atom is 0.287 e. The number of aliphatic imine (C=N–C) groups is 1. The topological polar surface area (TPSA) is 95.8 Å². The maximum absolute atomic E-state index is 10.8. The van der Waals surface area contributed by atoms with Gasteiger partial charge in [0.15, 0.2) is 11.7 Å². The van der Waals surface area contributed by atoms with E-state index in [0.29, 0.717) is 30.7 Å². The molecule has 3 aromatic rings. The third kappa shape index (κ3) is 2.05. The summed E-state index contributed by atoms with van der Waals surface area (Å²) >= 11 is 6.36. The Balaban J connectivity index is 1.44. The molecular formula is C18H16ClN7O2. The summed E-state index contributed by atoms with van der Waals surface area (Å²) in [4.78, 5) is 13.4. The maximum atomic E-state index is 10.8. The van der Waals surface area contributed by atoms with Crippen molar-refractivity contribution in [2.75, 3.05) is 16.7 Å². The van der Waals surface area contributed by atoms with E-state index < -0.39 is 5.60 Å². The number of anilines is 2. The molecule has 1 saturated carbocycles. The lowest BCUT2D eigenvalue weighted by molar-refractivity contribution is 0.0112. The fourth-order valence-corrected chi connectivity index (χ4v) is 4.42. The quantitative estimate of drug-likeness (QED) is 0.710. The zero-order valence-electron chi connectivity index (χ0n) is 14.8. The summed E-state index contributed by atoms with van der Waals surface area (Å²) in [6.07, 6.45) is 4.86. The number of amidine groups is 1. The molecule has 10 heteroatoms. The summed E-state index contributed by atoms with van der Waals surface area (Å²) < 4.78 is 7.29. The van der Waals surface area contributed by atoms with Gasteiger partial charge in [0.1, 0.15) is 12.3 Å². The Morgan fingerprint density at radius 2 is 2.00 bits per heavy atom. The lowest BCUT2D eigenvalue weighted by atomic mass is 10.0. The zero-order valence-corrected chi connectivity index (χ0v) is 15.5. The number of benzene rings is 1. The van der Waals surface area contributed by atoms with Gasteiger partial charge < -0.3 is 9.63 Å². The van der Waals surface area contributed by atoms with Crippen LogP contribution >= 0.6 is 11.6 Å². The van der Waals surface area contributed by atoms with Crippen LogP contribution in [0.1, 0.15) is 37.1 Å². The van der Waals surface area contributed by atoms with Crippen LogP contribution in [-0.2, 0) is 5.60 Å². The number of hydrazine groups is 1. The Morgan fingerprint density at radius 3 is 2.86 bits per heavy atom. The molecule has 2 aromatic heterocycles. The van der Waals surface area contributed by atoms with Crippen molar-refractivity contribution in [3.05, 3.63) is 47.2 Å². The summed E-state index contributed by atoms with van der Waals surface area (Å²) in [5.41, 5.74) is 0.829. The van der Waals surface area contributed by atoms with Crippen molar-refractivity contribution in [2.45, 2.75) is 31.3 Å². The molecule has 0 unspecified atom stereocenters. The standard InChI is InChI=1S/C18H16ClN7O2/c19-16-20-9-13-25(16)12-6-2-1-5-11(12)14-21-10-24(26(13)14)17-22-15(28-23-17)18(27)7-3-4-8-18/h1-2,5-6,9,27H,3-4,7-8,10H2. The Bertz CT molecular complexity index is 1110. The van der Waals surface area contributed by atoms with Gasteiger partial charge in [-0.3, -0.25) is 4.57 Å². The van der Waals surface area contributed by atoms with Crippen molar-refractivity contribution >= 4 is 29.2 Å². The van der Waals surface area contributed by atoms with Crippen LogP contribution in [0.25, 0.3) is 5.69 Å². The third-order valence-corrected chi connectivity index (χ3v) is 5.84. The molecule has 0 spiro atoms. The summed E-state index contributed by atoms with van der Waals surface area (Å²) in [6, 6.07) is 7.89. The number of hydrogen-bond acceptors (Lipinski definition) is 8. The lowest BCUT2D eigenvalue weighted by Crippen LogP contribution is -2.46. The largest absolute Gasteiger partial charge is 0.380 e. The van der Waals surface area contributed by atoms with Gasteiger partial charge in [0.05, 0.1) is 11.9 Å². The molecule has 1 N–H and O–H groups in total. The second kappa shape index (κ2) is 5.55. The molecule has 0 atom stereocenters. The number of nitrogens with zero attached hydrogens (tertiary/aromatic N) is 7. The Hall–Kier alpha value is -2.91. The molecule has 0 radical (unpaired) electrons. The highest BCUT2D eigenvalue weighted by molar-refractivity contribution is 6.29. The second-order valence-corrected chi connectivity index (χ2v) is 7.55. The van der Waals surface area contributed by atoms with Crippen molar-refractivity contribution in [1.82, 2.24) is 19.7 Å². The van der Waals surface area contributed by atoms with Crippen molar-refractivity contribution in [2.24, 2.45) is 4.99 Å². The highest BCUT2D eigenvalue weighted by Crippen LogP contribution is 2.40. The first-order chi connectivity index (χ1) is 13.7. The fraction of sp³-hybridized carbons (Fsp3) is 0.333. The molecule has 1 aliphatic carbocycles. The van der Waals surface area contributed by atoms with Crippen LogP contribution < -0.4 is 10.0 Å². The number of para-hydroxylation sites is 1. The van der Waals surface area contributed by atoms with Gasteiger partial charge in [-0.2, -0.15) is 4.98 Å². The van der Waals surface area contributed by atoms with Crippen LogP contribution in [0.3, 0.4) is 0 Å². The minimum atomic E-state index is -1.03. The van der Waals surface area contributed by atoms with Gasteiger partial charge in [0.2, 0.25) is 5.28 Å². The van der Waals surface area contributed by atoms with Gasteiger partial charge in [0, 0.05) is 5.56 Å². The normalized spacial score (nSPS) is 19.4. The van der Waals surface area contributed by atoms with E-state index in [0.717, 1.165) is 35.7 Å². The Labute approximate surface area is 164 Å². The molecule has 142 valence electrons. The number of fused-ring (bicyclic) bond motifs is 6. The van der Waals surface area contributed by atoms with Crippen molar-refractivity contribution < 1.29 is 9.63 Å². The molecule has 0 bridgehead atoms. The highest BCUT2D eigenvalue weighted by atomic mass is 35.5. The number of rotatable bonds is 2. The van der Waals surface area contributed by atoms with Gasteiger partial charge in [-0.1, -0.05) is 12.1 Å². The van der Waals surface area contributed by atoms with Crippen LogP contribution in [0, 0.1) is 0 Å². The van der Waals surface area contributed by atoms with Crippen LogP contribution in [0.5, 0.6) is 0 Å². The van der Waals surface area contributed by atoms with E-state index in [1.165, 1.54) is 0 Å². The molecule has 2 aliphatic heterocycles. The Morgan fingerprint density at radius 1 is 1.18 bits per heavy atom. The molecule has 4 heterocycles. The van der Waals surface area contributed by atoms with E-state index in [9.17, 15) is 5.11 Å². The fourth-order valence-electron chi connectivity index (χ4n) is 4.20. The van der Waals surface area contributed by atoms with Crippen LogP contribution in [-0.4, -0.2) is 37.3 Å². The van der Waals surface area contributed by atoms with Crippen LogP contribution in [0.15, 0.2) is 40.0 Å². The van der Waals surface area contributed by atoms with Crippen LogP contribution in [0.4, 0.5) is 11.8 Å². The number of aliphatic hydroxyl groups is 1. The predicted molar refractivity (Wildman–Crippen MR) is 102 cm³/mol. The average Bonchev–Trinajstić information content (AvgIpc) is 3.47. The molecule has 0 amide bonds. The molecule has 9 nitrogen and oxygen atoms in total. The van der Waals surface area contributed by atoms with Gasteiger partial charge in [-0.15, -0.1) is 0 Å². The van der Waals surface area contributed by atoms with E-state index in [4.69, 9.17) is 16.1 Å². The van der Waals surface area contributed by atoms with E-state index >= 15 is 0 Å². The second-order valence-electron chi connectivity index (χ2n) is 7.21. The first kappa shape index (κ1) is 16.1. The number of hydrogen-bond donors (Lipinski definition) is 1. The first-order valence-electron chi connectivity index (χ1n) is 9.17. The number of aromatic nitrogens is 4. The smallest absolute Gasteiger partial charge is 0.287 e. The van der Waals surface area contributed by atoms with Crippen molar-refractivity contribution in [3.63, 3.8) is 0 Å². The van der Waals surface area contributed by atoms with E-state index in [2.05, 4.69) is 20.1 Å². The highest BCUT2D eigenvalue weighted by Gasteiger charge is 2.42. The summed E-state index contributed by atoms with van der Waals surface area (Å²) in [5.74, 6) is 2.12. The number of halogens is 1. The first-order valence-corrected chi connectivity index (χ1v) is 9.55. The molecule has 0 saturated heterocycles. The van der Waals surface area contributed by atoms with Gasteiger partial charge in [0.25, 0.3) is 11.8 Å². The molecule has 6 rings (SSSR count). The van der Waals surface area contributed by atoms with E-state index in [1.807, 2.05) is 33.8 Å². The molecular weight excluding hydrogens is 382 g/mol. The minimum absolute atomic E-state index is 0.261. The zero-order chi connectivity index (χ0) is 18.9. The third-order valence-electron chi connectivity index (χ3n) is 5.57. The van der Waals surface area contributed by atoms with E-state index in [1.54, 1.807) is 11.2 Å². The minimum Gasteiger partial charge on any atom is -0.380 e. The summed E-state index contributed by atoms with van der Waals surface area (Å²) in [6.45, 7) is 0.323. The molecule has 3 aliphatic rings. The van der Waals surface area contributed by atoms with Gasteiger partial charge in [-0.05, 0) is 54.6 Å². The molecule has 1 fully saturated rings. The SMILES string of the molecule is OC1(c2nc(N3CN=C4c5ccccc5-n5c(cnc5Cl)N43)no2)CCCC1. The monoisotopic (exact) mass is 397 g/mol. The van der Waals surface area contributed by atoms with Crippen LogP contribution in [0.2, 0.25) is 5.28 Å². The predicted octanol–water partition coefficient (Wildman–Crippen LogP) is 2.63. The lowest BCUT2D eigenvalue weighted by Gasteiger charge is -2.33. The summed E-state index contributed by atoms with van der Waals surface area (Å²) in [5, 5.41) is 18.9.